The summed E-state index contributed by atoms with van der Waals surface area (Å²) in [5, 5.41) is 6.05. The first-order chi connectivity index (χ1) is 14.7. The number of hydrogen-bond acceptors (Lipinski definition) is 4. The van der Waals surface area contributed by atoms with Crippen molar-refractivity contribution in [1.82, 2.24) is 5.32 Å². The Hall–Kier alpha value is -3.47. The smallest absolute Gasteiger partial charge is 0.239 e. The zero-order valence-corrected chi connectivity index (χ0v) is 17.3. The fourth-order valence-corrected chi connectivity index (χ4v) is 3.00. The summed E-state index contributed by atoms with van der Waals surface area (Å²) < 4.78 is 11.0. The Morgan fingerprint density at radius 1 is 0.867 bits per heavy atom. The topological polar surface area (TPSA) is 59.6 Å². The molecule has 0 heterocycles. The Labute approximate surface area is 178 Å². The minimum atomic E-state index is -0.0694. The van der Waals surface area contributed by atoms with Crippen LogP contribution < -0.4 is 20.1 Å². The van der Waals surface area contributed by atoms with E-state index >= 15 is 0 Å². The van der Waals surface area contributed by atoms with Gasteiger partial charge in [0.2, 0.25) is 5.91 Å². The summed E-state index contributed by atoms with van der Waals surface area (Å²) in [4.78, 5) is 12.1. The molecule has 3 aromatic carbocycles. The van der Waals surface area contributed by atoms with Crippen molar-refractivity contribution in [1.29, 1.82) is 0 Å². The Balaban J connectivity index is 1.37. The van der Waals surface area contributed by atoms with Crippen molar-refractivity contribution in [3.05, 3.63) is 90.0 Å². The van der Waals surface area contributed by atoms with Crippen molar-refractivity contribution in [3.63, 3.8) is 0 Å². The highest BCUT2D eigenvalue weighted by Crippen LogP contribution is 2.17. The molecule has 0 aliphatic heterocycles. The molecule has 156 valence electrons. The number of hydrogen-bond donors (Lipinski definition) is 2. The average molecular weight is 405 g/mol. The van der Waals surface area contributed by atoms with Gasteiger partial charge in [0.15, 0.2) is 0 Å². The molecule has 2 N–H and O–H groups in total. The molecule has 0 atom stereocenters. The zero-order valence-electron chi connectivity index (χ0n) is 17.3. The van der Waals surface area contributed by atoms with E-state index in [0.29, 0.717) is 13.2 Å². The molecule has 3 rings (SSSR count). The second kappa shape index (κ2) is 11.5. The van der Waals surface area contributed by atoms with Crippen LogP contribution in [0.4, 0.5) is 5.69 Å². The molecule has 0 spiro atoms. The highest BCUT2D eigenvalue weighted by Gasteiger charge is 2.03. The third-order valence-corrected chi connectivity index (χ3v) is 4.66. The van der Waals surface area contributed by atoms with Crippen LogP contribution in [-0.4, -0.2) is 26.2 Å². The van der Waals surface area contributed by atoms with E-state index in [1.54, 1.807) is 7.11 Å². The molecule has 30 heavy (non-hydrogen) atoms. The number of benzene rings is 3. The van der Waals surface area contributed by atoms with Crippen LogP contribution in [-0.2, 0) is 17.8 Å². The van der Waals surface area contributed by atoms with Gasteiger partial charge in [0, 0.05) is 18.3 Å². The van der Waals surface area contributed by atoms with Crippen LogP contribution in [0.5, 0.6) is 11.5 Å². The molecule has 0 unspecified atom stereocenters. The first-order valence-corrected chi connectivity index (χ1v) is 10.1. The van der Waals surface area contributed by atoms with Gasteiger partial charge in [-0.2, -0.15) is 0 Å². The number of methoxy groups -OCH3 is 1. The summed E-state index contributed by atoms with van der Waals surface area (Å²) >= 11 is 0. The van der Waals surface area contributed by atoms with Crippen LogP contribution in [0, 0.1) is 0 Å². The monoisotopic (exact) mass is 404 g/mol. The number of rotatable bonds is 11. The third-order valence-electron chi connectivity index (χ3n) is 4.66. The first kappa shape index (κ1) is 21.2. The molecule has 0 aliphatic carbocycles. The van der Waals surface area contributed by atoms with Crippen molar-refractivity contribution in [2.45, 2.75) is 19.4 Å². The molecule has 1 amide bonds. The molecule has 5 heteroatoms. The maximum absolute atomic E-state index is 12.1. The van der Waals surface area contributed by atoms with Crippen LogP contribution in [0.15, 0.2) is 78.9 Å². The first-order valence-electron chi connectivity index (χ1n) is 10.1. The molecule has 3 aromatic rings. The minimum Gasteiger partial charge on any atom is -0.497 e. The van der Waals surface area contributed by atoms with Crippen molar-refractivity contribution in [3.8, 4) is 11.5 Å². The summed E-state index contributed by atoms with van der Waals surface area (Å²) in [7, 11) is 1.63. The van der Waals surface area contributed by atoms with E-state index in [0.717, 1.165) is 35.6 Å². The highest BCUT2D eigenvalue weighted by atomic mass is 16.5. The van der Waals surface area contributed by atoms with E-state index in [9.17, 15) is 4.79 Å². The van der Waals surface area contributed by atoms with Gasteiger partial charge >= 0.3 is 0 Å². The second-order valence-corrected chi connectivity index (χ2v) is 6.94. The molecular weight excluding hydrogens is 376 g/mol. The number of ether oxygens (including phenoxy) is 2. The molecule has 0 radical (unpaired) electrons. The van der Waals surface area contributed by atoms with Gasteiger partial charge in [-0.25, -0.2) is 0 Å². The highest BCUT2D eigenvalue weighted by molar-refractivity contribution is 5.80. The average Bonchev–Trinajstić information content (AvgIpc) is 2.80. The molecule has 5 nitrogen and oxygen atoms in total. The quantitative estimate of drug-likeness (QED) is 0.464. The predicted molar refractivity (Wildman–Crippen MR) is 120 cm³/mol. The van der Waals surface area contributed by atoms with Gasteiger partial charge in [-0.15, -0.1) is 0 Å². The summed E-state index contributed by atoms with van der Waals surface area (Å²) in [6.45, 7) is 1.34. The predicted octanol–water partition coefficient (Wildman–Crippen LogP) is 4.44. The lowest BCUT2D eigenvalue weighted by Gasteiger charge is -2.11. The van der Waals surface area contributed by atoms with E-state index in [-0.39, 0.29) is 12.5 Å². The normalized spacial score (nSPS) is 10.3. The number of carbonyl (C=O) groups is 1. The third kappa shape index (κ3) is 7.17. The van der Waals surface area contributed by atoms with Gasteiger partial charge < -0.3 is 20.1 Å². The number of nitrogens with one attached hydrogen (secondary N) is 2. The van der Waals surface area contributed by atoms with Crippen molar-refractivity contribution < 1.29 is 14.3 Å². The van der Waals surface area contributed by atoms with Gasteiger partial charge in [-0.05, 0) is 48.2 Å². The standard InChI is InChI=1S/C25H28N2O3/c1-29-23-14-12-21(13-15-23)18-27-25(28)19-26-22-10-5-11-24(17-22)30-16-6-9-20-7-3-2-4-8-20/h2-5,7-8,10-15,17,26H,6,9,16,18-19H2,1H3,(H,27,28). The lowest BCUT2D eigenvalue weighted by atomic mass is 10.1. The van der Waals surface area contributed by atoms with Gasteiger partial charge in [0.05, 0.1) is 20.3 Å². The van der Waals surface area contributed by atoms with Gasteiger partial charge in [-0.3, -0.25) is 4.79 Å². The molecule has 0 fully saturated rings. The molecular formula is C25H28N2O3. The number of anilines is 1. The van der Waals surface area contributed by atoms with Crippen LogP contribution >= 0.6 is 0 Å². The van der Waals surface area contributed by atoms with Crippen molar-refractivity contribution in [2.24, 2.45) is 0 Å². The van der Waals surface area contributed by atoms with E-state index in [2.05, 4.69) is 34.9 Å². The maximum atomic E-state index is 12.1. The van der Waals surface area contributed by atoms with Crippen molar-refractivity contribution in [2.75, 3.05) is 25.6 Å². The number of amides is 1. The summed E-state index contributed by atoms with van der Waals surface area (Å²) in [5.41, 5.74) is 3.20. The lowest BCUT2D eigenvalue weighted by Crippen LogP contribution is -2.29. The lowest BCUT2D eigenvalue weighted by molar-refractivity contribution is -0.119. The number of carbonyl (C=O) groups excluding carboxylic acids is 1. The fraction of sp³-hybridized carbons (Fsp3) is 0.240. The van der Waals surface area contributed by atoms with Gasteiger partial charge in [0.25, 0.3) is 0 Å². The van der Waals surface area contributed by atoms with Crippen LogP contribution in [0.2, 0.25) is 0 Å². The van der Waals surface area contributed by atoms with Gasteiger partial charge in [-0.1, -0.05) is 48.5 Å². The van der Waals surface area contributed by atoms with Crippen LogP contribution in [0.25, 0.3) is 0 Å². The van der Waals surface area contributed by atoms with E-state index in [1.165, 1.54) is 5.56 Å². The van der Waals surface area contributed by atoms with E-state index in [4.69, 9.17) is 9.47 Å². The molecule has 0 aromatic heterocycles. The SMILES string of the molecule is COc1ccc(CNC(=O)CNc2cccc(OCCCc3ccccc3)c2)cc1. The Bertz CT molecular complexity index is 911. The summed E-state index contributed by atoms with van der Waals surface area (Å²) in [5.74, 6) is 1.53. The van der Waals surface area contributed by atoms with E-state index < -0.39 is 0 Å². The Morgan fingerprint density at radius 3 is 2.43 bits per heavy atom. The van der Waals surface area contributed by atoms with Crippen LogP contribution in [0.1, 0.15) is 17.5 Å². The largest absolute Gasteiger partial charge is 0.497 e. The minimum absolute atomic E-state index is 0.0694. The Morgan fingerprint density at radius 2 is 1.67 bits per heavy atom. The summed E-state index contributed by atoms with van der Waals surface area (Å²) in [6.07, 6.45) is 1.95. The number of aryl methyl sites for hydroxylation is 1. The fourth-order valence-electron chi connectivity index (χ4n) is 3.00. The molecule has 0 aliphatic rings. The summed E-state index contributed by atoms with van der Waals surface area (Å²) in [6, 6.07) is 25.7. The van der Waals surface area contributed by atoms with E-state index in [1.807, 2.05) is 54.6 Å². The van der Waals surface area contributed by atoms with Gasteiger partial charge in [0.1, 0.15) is 11.5 Å². The molecule has 0 saturated carbocycles. The van der Waals surface area contributed by atoms with Crippen LogP contribution in [0.3, 0.4) is 0 Å². The second-order valence-electron chi connectivity index (χ2n) is 6.94. The Kier molecular flexibility index (Phi) is 8.15. The molecule has 0 bridgehead atoms. The molecule has 0 saturated heterocycles. The van der Waals surface area contributed by atoms with Crippen molar-refractivity contribution >= 4 is 11.6 Å². The maximum Gasteiger partial charge on any atom is 0.239 e. The zero-order chi connectivity index (χ0) is 21.0.